The molecule has 2 rings (SSSR count). The van der Waals surface area contributed by atoms with Crippen molar-refractivity contribution in [2.24, 2.45) is 0 Å². The molecule has 0 saturated carbocycles. The SMILES string of the molecule is CC(C)(C)OC(=O)N1CCC(NC(=O)c2ccc(Cl)s2)C1. The van der Waals surface area contributed by atoms with Crippen LogP contribution in [0.15, 0.2) is 12.1 Å². The topological polar surface area (TPSA) is 58.6 Å². The van der Waals surface area contributed by atoms with Crippen LogP contribution in [0.4, 0.5) is 4.79 Å². The molecule has 116 valence electrons. The maximum absolute atomic E-state index is 12.0. The van der Waals surface area contributed by atoms with Gasteiger partial charge < -0.3 is 15.0 Å². The van der Waals surface area contributed by atoms with Crippen LogP contribution >= 0.6 is 22.9 Å². The summed E-state index contributed by atoms with van der Waals surface area (Å²) in [6.45, 7) is 6.56. The number of rotatable bonds is 2. The molecule has 1 aliphatic heterocycles. The highest BCUT2D eigenvalue weighted by Crippen LogP contribution is 2.22. The molecule has 0 radical (unpaired) electrons. The number of ether oxygens (including phenoxy) is 1. The van der Waals surface area contributed by atoms with Gasteiger partial charge in [-0.25, -0.2) is 4.79 Å². The highest BCUT2D eigenvalue weighted by Gasteiger charge is 2.30. The van der Waals surface area contributed by atoms with Crippen molar-refractivity contribution in [3.63, 3.8) is 0 Å². The van der Waals surface area contributed by atoms with Crippen molar-refractivity contribution in [2.75, 3.05) is 13.1 Å². The van der Waals surface area contributed by atoms with E-state index >= 15 is 0 Å². The molecular weight excluding hydrogens is 312 g/mol. The number of carbonyl (C=O) groups excluding carboxylic acids is 2. The van der Waals surface area contributed by atoms with Gasteiger partial charge in [-0.2, -0.15) is 0 Å². The summed E-state index contributed by atoms with van der Waals surface area (Å²) in [6.07, 6.45) is 0.391. The minimum atomic E-state index is -0.508. The smallest absolute Gasteiger partial charge is 0.410 e. The number of nitrogens with zero attached hydrogens (tertiary/aromatic N) is 1. The van der Waals surface area contributed by atoms with Gasteiger partial charge in [0.15, 0.2) is 0 Å². The standard InChI is InChI=1S/C14H19ClN2O3S/c1-14(2,3)20-13(19)17-7-6-9(8-17)16-12(18)10-4-5-11(15)21-10/h4-5,9H,6-8H2,1-3H3,(H,16,18). The van der Waals surface area contributed by atoms with Crippen LogP contribution in [0.2, 0.25) is 4.34 Å². The quantitative estimate of drug-likeness (QED) is 0.906. The molecule has 0 bridgehead atoms. The van der Waals surface area contributed by atoms with E-state index in [0.717, 1.165) is 6.42 Å². The summed E-state index contributed by atoms with van der Waals surface area (Å²) in [7, 11) is 0. The third kappa shape index (κ3) is 4.61. The summed E-state index contributed by atoms with van der Waals surface area (Å²) in [5.41, 5.74) is -0.508. The van der Waals surface area contributed by atoms with E-state index in [1.54, 1.807) is 17.0 Å². The largest absolute Gasteiger partial charge is 0.444 e. The fourth-order valence-electron chi connectivity index (χ4n) is 2.06. The average Bonchev–Trinajstić information content (AvgIpc) is 2.96. The van der Waals surface area contributed by atoms with Gasteiger partial charge in [0.1, 0.15) is 5.60 Å². The number of carbonyl (C=O) groups is 2. The van der Waals surface area contributed by atoms with Crippen LogP contribution in [-0.2, 0) is 4.74 Å². The van der Waals surface area contributed by atoms with Gasteiger partial charge in [0.2, 0.25) is 0 Å². The van der Waals surface area contributed by atoms with E-state index in [2.05, 4.69) is 5.32 Å². The molecule has 1 unspecified atom stereocenters. The fraction of sp³-hybridized carbons (Fsp3) is 0.571. The lowest BCUT2D eigenvalue weighted by Gasteiger charge is -2.24. The molecule has 0 aliphatic carbocycles. The van der Waals surface area contributed by atoms with Crippen LogP contribution in [0.25, 0.3) is 0 Å². The van der Waals surface area contributed by atoms with E-state index in [-0.39, 0.29) is 18.0 Å². The molecule has 1 aromatic rings. The molecule has 1 N–H and O–H groups in total. The van der Waals surface area contributed by atoms with Crippen molar-refractivity contribution < 1.29 is 14.3 Å². The maximum atomic E-state index is 12.0. The van der Waals surface area contributed by atoms with Gasteiger partial charge in [-0.1, -0.05) is 11.6 Å². The minimum Gasteiger partial charge on any atom is -0.444 e. The Kier molecular flexibility index (Phi) is 4.78. The summed E-state index contributed by atoms with van der Waals surface area (Å²) in [5, 5.41) is 2.92. The second-order valence-corrected chi connectivity index (χ2v) is 7.70. The Morgan fingerprint density at radius 1 is 1.43 bits per heavy atom. The van der Waals surface area contributed by atoms with Crippen molar-refractivity contribution in [1.82, 2.24) is 10.2 Å². The van der Waals surface area contributed by atoms with Crippen LogP contribution < -0.4 is 5.32 Å². The van der Waals surface area contributed by atoms with Crippen LogP contribution in [-0.4, -0.2) is 41.6 Å². The van der Waals surface area contributed by atoms with Gasteiger partial charge in [-0.3, -0.25) is 4.79 Å². The first-order chi connectivity index (χ1) is 9.74. The lowest BCUT2D eigenvalue weighted by molar-refractivity contribution is 0.0290. The number of thiophene rings is 1. The number of nitrogens with one attached hydrogen (secondary N) is 1. The molecule has 0 aromatic carbocycles. The Bertz CT molecular complexity index is 539. The van der Waals surface area contributed by atoms with Crippen LogP contribution in [0.3, 0.4) is 0 Å². The van der Waals surface area contributed by atoms with Crippen molar-refractivity contribution in [3.05, 3.63) is 21.3 Å². The normalized spacial score (nSPS) is 18.7. The highest BCUT2D eigenvalue weighted by atomic mass is 35.5. The monoisotopic (exact) mass is 330 g/mol. The molecule has 1 aromatic heterocycles. The molecule has 1 atom stereocenters. The highest BCUT2D eigenvalue weighted by molar-refractivity contribution is 7.17. The number of hydrogen-bond acceptors (Lipinski definition) is 4. The maximum Gasteiger partial charge on any atom is 0.410 e. The summed E-state index contributed by atoms with van der Waals surface area (Å²) < 4.78 is 5.91. The molecule has 2 heterocycles. The number of amides is 2. The number of halogens is 1. The van der Waals surface area contributed by atoms with Crippen molar-refractivity contribution in [3.8, 4) is 0 Å². The van der Waals surface area contributed by atoms with Gasteiger partial charge >= 0.3 is 6.09 Å². The first kappa shape index (κ1) is 16.1. The Morgan fingerprint density at radius 2 is 2.14 bits per heavy atom. The van der Waals surface area contributed by atoms with E-state index in [1.165, 1.54) is 11.3 Å². The van der Waals surface area contributed by atoms with Crippen molar-refractivity contribution in [1.29, 1.82) is 0 Å². The first-order valence-electron chi connectivity index (χ1n) is 6.79. The number of likely N-dealkylation sites (tertiary alicyclic amines) is 1. The zero-order valence-electron chi connectivity index (χ0n) is 12.3. The predicted octanol–water partition coefficient (Wildman–Crippen LogP) is 3.14. The molecule has 1 fully saturated rings. The number of hydrogen-bond donors (Lipinski definition) is 1. The molecule has 21 heavy (non-hydrogen) atoms. The fourth-order valence-corrected chi connectivity index (χ4v) is 3.01. The lowest BCUT2D eigenvalue weighted by Crippen LogP contribution is -2.40. The molecule has 1 aliphatic rings. The van der Waals surface area contributed by atoms with E-state index in [9.17, 15) is 9.59 Å². The molecule has 0 spiro atoms. The minimum absolute atomic E-state index is 0.0501. The Hall–Kier alpha value is -1.27. The second kappa shape index (κ2) is 6.23. The Labute approximate surface area is 133 Å². The second-order valence-electron chi connectivity index (χ2n) is 5.99. The summed E-state index contributed by atoms with van der Waals surface area (Å²) >= 11 is 7.06. The molecule has 7 heteroatoms. The first-order valence-corrected chi connectivity index (χ1v) is 7.98. The Morgan fingerprint density at radius 3 is 2.71 bits per heavy atom. The zero-order chi connectivity index (χ0) is 15.6. The van der Waals surface area contributed by atoms with Crippen LogP contribution in [0, 0.1) is 0 Å². The van der Waals surface area contributed by atoms with Crippen LogP contribution in [0.5, 0.6) is 0 Å². The summed E-state index contributed by atoms with van der Waals surface area (Å²) in [4.78, 5) is 26.2. The van der Waals surface area contributed by atoms with Gasteiger partial charge in [0.05, 0.1) is 9.21 Å². The predicted molar refractivity (Wildman–Crippen MR) is 83.0 cm³/mol. The molecule has 2 amide bonds. The van der Waals surface area contributed by atoms with Crippen molar-refractivity contribution in [2.45, 2.75) is 38.8 Å². The van der Waals surface area contributed by atoms with E-state index in [1.807, 2.05) is 20.8 Å². The van der Waals surface area contributed by atoms with E-state index in [4.69, 9.17) is 16.3 Å². The third-order valence-electron chi connectivity index (χ3n) is 2.97. The summed E-state index contributed by atoms with van der Waals surface area (Å²) in [6, 6.07) is 3.34. The van der Waals surface area contributed by atoms with Gasteiger partial charge in [0.25, 0.3) is 5.91 Å². The van der Waals surface area contributed by atoms with Crippen LogP contribution in [0.1, 0.15) is 36.9 Å². The third-order valence-corrected chi connectivity index (χ3v) is 4.20. The molecule has 1 saturated heterocycles. The van der Waals surface area contributed by atoms with Crippen molar-refractivity contribution >= 4 is 34.9 Å². The van der Waals surface area contributed by atoms with Gasteiger partial charge in [-0.15, -0.1) is 11.3 Å². The van der Waals surface area contributed by atoms with E-state index in [0.29, 0.717) is 22.3 Å². The van der Waals surface area contributed by atoms with E-state index < -0.39 is 5.60 Å². The summed E-state index contributed by atoms with van der Waals surface area (Å²) in [5.74, 6) is -0.150. The lowest BCUT2D eigenvalue weighted by atomic mass is 10.2. The zero-order valence-corrected chi connectivity index (χ0v) is 13.9. The molecule has 5 nitrogen and oxygen atoms in total. The molecular formula is C14H19ClN2O3S. The average molecular weight is 331 g/mol. The Balaban J connectivity index is 1.85. The van der Waals surface area contributed by atoms with Gasteiger partial charge in [0, 0.05) is 19.1 Å². The van der Waals surface area contributed by atoms with Gasteiger partial charge in [-0.05, 0) is 39.3 Å².